The Morgan fingerprint density at radius 1 is 0.882 bits per heavy atom. The van der Waals surface area contributed by atoms with Crippen LogP contribution in [0.2, 0.25) is 5.02 Å². The van der Waals surface area contributed by atoms with Crippen molar-refractivity contribution in [3.8, 4) is 0 Å². The molecule has 1 aliphatic rings. The average Bonchev–Trinajstić information content (AvgIpc) is 3.28. The van der Waals surface area contributed by atoms with E-state index in [1.807, 2.05) is 22.8 Å². The molecule has 1 saturated heterocycles. The first-order chi connectivity index (χ1) is 16.4. The van der Waals surface area contributed by atoms with Gasteiger partial charge in [0, 0.05) is 45.3 Å². The van der Waals surface area contributed by atoms with E-state index in [2.05, 4.69) is 51.2 Å². The van der Waals surface area contributed by atoms with Gasteiger partial charge in [-0.05, 0) is 23.3 Å². The first-order valence-corrected chi connectivity index (χ1v) is 11.7. The summed E-state index contributed by atoms with van der Waals surface area (Å²) in [5.74, 6) is 0. The summed E-state index contributed by atoms with van der Waals surface area (Å²) in [6.45, 7) is 4.01. The van der Waals surface area contributed by atoms with Crippen LogP contribution in [0.15, 0.2) is 70.5 Å². The van der Waals surface area contributed by atoms with Crippen LogP contribution in [-0.4, -0.2) is 54.7 Å². The third-order valence-electron chi connectivity index (χ3n) is 6.64. The Balaban J connectivity index is 1.36. The van der Waals surface area contributed by atoms with Gasteiger partial charge in [0.15, 0.2) is 11.2 Å². The zero-order chi connectivity index (χ0) is 23.8. The Bertz CT molecular complexity index is 1420. The lowest BCUT2D eigenvalue weighted by Crippen LogP contribution is -2.48. The molecule has 1 aliphatic heterocycles. The van der Waals surface area contributed by atoms with Crippen molar-refractivity contribution in [1.29, 1.82) is 0 Å². The normalized spacial score (nSPS) is 16.2. The largest absolute Gasteiger partial charge is 0.332 e. The maximum absolute atomic E-state index is 12.8. The molecule has 2 aromatic carbocycles. The third kappa shape index (κ3) is 4.09. The van der Waals surface area contributed by atoms with Crippen molar-refractivity contribution in [2.75, 3.05) is 26.2 Å². The van der Waals surface area contributed by atoms with Gasteiger partial charge in [-0.3, -0.25) is 23.7 Å². The van der Waals surface area contributed by atoms with E-state index in [9.17, 15) is 9.59 Å². The first-order valence-electron chi connectivity index (χ1n) is 11.3. The number of benzene rings is 2. The van der Waals surface area contributed by atoms with E-state index in [-0.39, 0.29) is 17.3 Å². The summed E-state index contributed by atoms with van der Waals surface area (Å²) in [7, 11) is 3.14. The van der Waals surface area contributed by atoms with Gasteiger partial charge in [0.2, 0.25) is 0 Å². The lowest BCUT2D eigenvalue weighted by molar-refractivity contribution is 0.0894. The van der Waals surface area contributed by atoms with Gasteiger partial charge in [-0.25, -0.2) is 9.78 Å². The van der Waals surface area contributed by atoms with Gasteiger partial charge >= 0.3 is 5.69 Å². The summed E-state index contributed by atoms with van der Waals surface area (Å²) >= 11 is 6.15. The maximum Gasteiger partial charge on any atom is 0.332 e. The molecule has 5 rings (SSSR count). The first kappa shape index (κ1) is 22.6. The van der Waals surface area contributed by atoms with Crippen molar-refractivity contribution in [3.63, 3.8) is 0 Å². The minimum Gasteiger partial charge on any atom is -0.311 e. The average molecular weight is 479 g/mol. The van der Waals surface area contributed by atoms with E-state index in [0.717, 1.165) is 35.8 Å². The summed E-state index contributed by atoms with van der Waals surface area (Å²) in [4.78, 5) is 34.1. The molecule has 176 valence electrons. The Morgan fingerprint density at radius 2 is 1.53 bits per heavy atom. The molecule has 1 fully saturated rings. The molecule has 9 heteroatoms. The number of fused-ring (bicyclic) bond motifs is 1. The molecular formula is C25H27ClN6O2. The molecule has 34 heavy (non-hydrogen) atoms. The van der Waals surface area contributed by atoms with Crippen LogP contribution in [0.25, 0.3) is 11.2 Å². The third-order valence-corrected chi connectivity index (χ3v) is 6.89. The summed E-state index contributed by atoms with van der Waals surface area (Å²) in [6, 6.07) is 18.8. The van der Waals surface area contributed by atoms with Crippen molar-refractivity contribution < 1.29 is 0 Å². The van der Waals surface area contributed by atoms with Crippen LogP contribution in [0.5, 0.6) is 0 Å². The number of hydrogen-bond acceptors (Lipinski definition) is 5. The molecule has 0 N–H and O–H groups in total. The Hall–Kier alpha value is -3.20. The van der Waals surface area contributed by atoms with Gasteiger partial charge < -0.3 is 4.57 Å². The van der Waals surface area contributed by atoms with Gasteiger partial charge in [-0.1, -0.05) is 54.1 Å². The molecule has 0 saturated carbocycles. The zero-order valence-electron chi connectivity index (χ0n) is 19.3. The molecule has 3 heterocycles. The molecule has 1 unspecified atom stereocenters. The SMILES string of the molecule is Cn1c(=O)c2c(ncn2CN2CCN(C(c3ccccc3)c3ccc(Cl)cc3)CC2)n(C)c1=O. The Morgan fingerprint density at radius 3 is 2.21 bits per heavy atom. The molecule has 4 aromatic rings. The highest BCUT2D eigenvalue weighted by Crippen LogP contribution is 2.30. The fraction of sp³-hybridized carbons (Fsp3) is 0.320. The summed E-state index contributed by atoms with van der Waals surface area (Å²) in [5.41, 5.74) is 2.65. The Kier molecular flexibility index (Phi) is 6.12. The highest BCUT2D eigenvalue weighted by Gasteiger charge is 2.27. The number of imidazole rings is 1. The predicted molar refractivity (Wildman–Crippen MR) is 133 cm³/mol. The maximum atomic E-state index is 12.8. The Labute approximate surface area is 202 Å². The molecular weight excluding hydrogens is 452 g/mol. The van der Waals surface area contributed by atoms with Crippen LogP contribution < -0.4 is 11.2 Å². The molecule has 0 bridgehead atoms. The van der Waals surface area contributed by atoms with Gasteiger partial charge in [0.05, 0.1) is 19.0 Å². The number of aromatic nitrogens is 4. The highest BCUT2D eigenvalue weighted by molar-refractivity contribution is 6.30. The van der Waals surface area contributed by atoms with Crippen LogP contribution in [0, 0.1) is 0 Å². The fourth-order valence-electron chi connectivity index (χ4n) is 4.78. The van der Waals surface area contributed by atoms with E-state index in [1.54, 1.807) is 13.4 Å². The van der Waals surface area contributed by atoms with E-state index in [0.29, 0.717) is 17.8 Å². The minimum absolute atomic E-state index is 0.150. The second-order valence-electron chi connectivity index (χ2n) is 8.75. The van der Waals surface area contributed by atoms with Crippen molar-refractivity contribution in [2.24, 2.45) is 14.1 Å². The monoisotopic (exact) mass is 478 g/mol. The molecule has 8 nitrogen and oxygen atoms in total. The van der Waals surface area contributed by atoms with E-state index in [4.69, 9.17) is 11.6 Å². The van der Waals surface area contributed by atoms with Crippen LogP contribution in [0.3, 0.4) is 0 Å². The summed E-state index contributed by atoms with van der Waals surface area (Å²) in [6.07, 6.45) is 1.65. The van der Waals surface area contributed by atoms with E-state index >= 15 is 0 Å². The van der Waals surface area contributed by atoms with E-state index < -0.39 is 0 Å². The lowest BCUT2D eigenvalue weighted by atomic mass is 9.96. The highest BCUT2D eigenvalue weighted by atomic mass is 35.5. The second kappa shape index (κ2) is 9.21. The van der Waals surface area contributed by atoms with Crippen molar-refractivity contribution >= 4 is 22.8 Å². The van der Waals surface area contributed by atoms with Gasteiger partial charge in [0.25, 0.3) is 5.56 Å². The van der Waals surface area contributed by atoms with Crippen molar-refractivity contribution in [3.05, 3.63) is 97.9 Å². The minimum atomic E-state index is -0.370. The zero-order valence-corrected chi connectivity index (χ0v) is 20.0. The molecule has 1 atom stereocenters. The van der Waals surface area contributed by atoms with Crippen LogP contribution >= 0.6 is 11.6 Å². The number of rotatable bonds is 5. The molecule has 0 aliphatic carbocycles. The standard InChI is InChI=1S/C25H27ClN6O2/c1-28-23-22(24(33)29(2)25(28)34)32(16-27-23)17-30-12-14-31(15-13-30)21(18-6-4-3-5-7-18)19-8-10-20(26)11-9-19/h3-11,16,21H,12-15,17H2,1-2H3. The fourth-order valence-corrected chi connectivity index (χ4v) is 4.90. The van der Waals surface area contributed by atoms with Crippen LogP contribution in [-0.2, 0) is 20.8 Å². The van der Waals surface area contributed by atoms with Crippen LogP contribution in [0.1, 0.15) is 17.2 Å². The smallest absolute Gasteiger partial charge is 0.311 e. The summed E-state index contributed by atoms with van der Waals surface area (Å²) in [5, 5.41) is 0.733. The van der Waals surface area contributed by atoms with Gasteiger partial charge in [-0.15, -0.1) is 0 Å². The van der Waals surface area contributed by atoms with Crippen LogP contribution in [0.4, 0.5) is 0 Å². The molecule has 0 radical (unpaired) electrons. The second-order valence-corrected chi connectivity index (χ2v) is 9.19. The molecule has 0 amide bonds. The number of aryl methyl sites for hydroxylation is 1. The van der Waals surface area contributed by atoms with Gasteiger partial charge in [0.1, 0.15) is 0 Å². The lowest BCUT2D eigenvalue weighted by Gasteiger charge is -2.39. The summed E-state index contributed by atoms with van der Waals surface area (Å²) < 4.78 is 4.40. The molecule has 2 aromatic heterocycles. The number of halogens is 1. The van der Waals surface area contributed by atoms with Crippen molar-refractivity contribution in [2.45, 2.75) is 12.7 Å². The van der Waals surface area contributed by atoms with E-state index in [1.165, 1.54) is 22.7 Å². The number of hydrogen-bond donors (Lipinski definition) is 0. The number of piperazine rings is 1. The molecule has 0 spiro atoms. The topological polar surface area (TPSA) is 68.3 Å². The van der Waals surface area contributed by atoms with Crippen molar-refractivity contribution in [1.82, 2.24) is 28.5 Å². The van der Waals surface area contributed by atoms with Gasteiger partial charge in [-0.2, -0.15) is 0 Å². The number of nitrogens with zero attached hydrogens (tertiary/aromatic N) is 6. The quantitative estimate of drug-likeness (QED) is 0.441. The predicted octanol–water partition coefficient (Wildman–Crippen LogP) is 2.45.